The van der Waals surface area contributed by atoms with E-state index in [2.05, 4.69) is 15.4 Å². The molecule has 4 nitrogen and oxygen atoms in total. The molecule has 0 bridgehead atoms. The SMILES string of the molecule is Fc1cc(CNC2CC2)cc(F)c1-n1cncn1. The third-order valence-electron chi connectivity index (χ3n) is 2.90. The molecule has 94 valence electrons. The molecule has 0 atom stereocenters. The highest BCUT2D eigenvalue weighted by Crippen LogP contribution is 2.21. The maximum Gasteiger partial charge on any atom is 0.152 e. The van der Waals surface area contributed by atoms with Crippen LogP contribution in [-0.2, 0) is 6.54 Å². The van der Waals surface area contributed by atoms with E-state index in [1.165, 1.54) is 24.8 Å². The van der Waals surface area contributed by atoms with Gasteiger partial charge in [-0.25, -0.2) is 18.4 Å². The molecule has 2 aromatic rings. The molecule has 0 aliphatic heterocycles. The van der Waals surface area contributed by atoms with E-state index >= 15 is 0 Å². The average Bonchev–Trinajstić information content (AvgIpc) is 3.01. The second kappa shape index (κ2) is 4.45. The average molecular weight is 250 g/mol. The minimum Gasteiger partial charge on any atom is -0.310 e. The van der Waals surface area contributed by atoms with Gasteiger partial charge < -0.3 is 5.32 Å². The van der Waals surface area contributed by atoms with Crippen LogP contribution in [0.2, 0.25) is 0 Å². The van der Waals surface area contributed by atoms with Crippen LogP contribution >= 0.6 is 0 Å². The molecule has 6 heteroatoms. The molecular formula is C12H12F2N4. The van der Waals surface area contributed by atoms with Gasteiger partial charge in [-0.05, 0) is 30.5 Å². The fraction of sp³-hybridized carbons (Fsp3) is 0.333. The number of aromatic nitrogens is 3. The Bertz CT molecular complexity index is 526. The van der Waals surface area contributed by atoms with Crippen LogP contribution in [-0.4, -0.2) is 20.8 Å². The van der Waals surface area contributed by atoms with Crippen LogP contribution in [0.5, 0.6) is 0 Å². The van der Waals surface area contributed by atoms with E-state index in [0.29, 0.717) is 18.2 Å². The Hall–Kier alpha value is -1.82. The molecule has 0 unspecified atom stereocenters. The lowest BCUT2D eigenvalue weighted by atomic mass is 10.2. The molecule has 0 saturated heterocycles. The third-order valence-corrected chi connectivity index (χ3v) is 2.90. The van der Waals surface area contributed by atoms with E-state index in [9.17, 15) is 8.78 Å². The molecule has 0 amide bonds. The van der Waals surface area contributed by atoms with Crippen molar-refractivity contribution < 1.29 is 8.78 Å². The quantitative estimate of drug-likeness (QED) is 0.899. The zero-order valence-corrected chi connectivity index (χ0v) is 9.61. The van der Waals surface area contributed by atoms with E-state index in [0.717, 1.165) is 17.5 Å². The van der Waals surface area contributed by atoms with Crippen molar-refractivity contribution >= 4 is 0 Å². The predicted octanol–water partition coefficient (Wildman–Crippen LogP) is 1.80. The largest absolute Gasteiger partial charge is 0.310 e. The van der Waals surface area contributed by atoms with Crippen LogP contribution in [0.4, 0.5) is 8.78 Å². The fourth-order valence-corrected chi connectivity index (χ4v) is 1.81. The minimum absolute atomic E-state index is 0.192. The van der Waals surface area contributed by atoms with Gasteiger partial charge in [0.1, 0.15) is 18.3 Å². The first-order chi connectivity index (χ1) is 8.74. The van der Waals surface area contributed by atoms with Crippen LogP contribution in [0, 0.1) is 11.6 Å². The van der Waals surface area contributed by atoms with Crippen LogP contribution < -0.4 is 5.32 Å². The van der Waals surface area contributed by atoms with Crippen LogP contribution in [0.1, 0.15) is 18.4 Å². The fourth-order valence-electron chi connectivity index (χ4n) is 1.81. The molecule has 1 fully saturated rings. The highest BCUT2D eigenvalue weighted by Gasteiger charge is 2.21. The second-order valence-corrected chi connectivity index (χ2v) is 4.40. The highest BCUT2D eigenvalue weighted by atomic mass is 19.1. The Morgan fingerprint density at radius 1 is 1.28 bits per heavy atom. The van der Waals surface area contributed by atoms with Crippen molar-refractivity contribution in [3.63, 3.8) is 0 Å². The molecule has 1 aromatic carbocycles. The molecule has 1 aliphatic carbocycles. The Morgan fingerprint density at radius 2 is 2.00 bits per heavy atom. The standard InChI is InChI=1S/C12H12F2N4/c13-10-3-8(5-16-9-1-2-9)4-11(14)12(10)18-7-15-6-17-18/h3-4,6-7,9,16H,1-2,5H2. The summed E-state index contributed by atoms with van der Waals surface area (Å²) in [7, 11) is 0. The van der Waals surface area contributed by atoms with Gasteiger partial charge in [0.25, 0.3) is 0 Å². The molecule has 1 N–H and O–H groups in total. The van der Waals surface area contributed by atoms with E-state index < -0.39 is 11.6 Å². The van der Waals surface area contributed by atoms with Gasteiger partial charge in [-0.1, -0.05) is 0 Å². The highest BCUT2D eigenvalue weighted by molar-refractivity contribution is 5.37. The maximum absolute atomic E-state index is 13.9. The first-order valence-electron chi connectivity index (χ1n) is 5.80. The van der Waals surface area contributed by atoms with Gasteiger partial charge in [0, 0.05) is 12.6 Å². The topological polar surface area (TPSA) is 42.7 Å². The number of hydrogen-bond acceptors (Lipinski definition) is 3. The molecule has 18 heavy (non-hydrogen) atoms. The van der Waals surface area contributed by atoms with Crippen LogP contribution in [0.15, 0.2) is 24.8 Å². The Balaban J connectivity index is 1.87. The van der Waals surface area contributed by atoms with Gasteiger partial charge in [-0.2, -0.15) is 5.10 Å². The van der Waals surface area contributed by atoms with E-state index in [-0.39, 0.29) is 5.69 Å². The number of benzene rings is 1. The molecule has 0 spiro atoms. The number of nitrogens with zero attached hydrogens (tertiary/aromatic N) is 3. The summed E-state index contributed by atoms with van der Waals surface area (Å²) in [6.07, 6.45) is 4.79. The van der Waals surface area contributed by atoms with Crippen molar-refractivity contribution in [2.24, 2.45) is 0 Å². The van der Waals surface area contributed by atoms with Gasteiger partial charge in [0.05, 0.1) is 0 Å². The zero-order chi connectivity index (χ0) is 12.5. The molecule has 0 radical (unpaired) electrons. The second-order valence-electron chi connectivity index (χ2n) is 4.40. The lowest BCUT2D eigenvalue weighted by molar-refractivity contribution is 0.553. The number of rotatable bonds is 4. The van der Waals surface area contributed by atoms with E-state index in [4.69, 9.17) is 0 Å². The van der Waals surface area contributed by atoms with Gasteiger partial charge in [-0.3, -0.25) is 0 Å². The van der Waals surface area contributed by atoms with Crippen molar-refractivity contribution in [2.45, 2.75) is 25.4 Å². The van der Waals surface area contributed by atoms with Crippen LogP contribution in [0.3, 0.4) is 0 Å². The van der Waals surface area contributed by atoms with Gasteiger partial charge >= 0.3 is 0 Å². The molecule has 1 aliphatic rings. The molecule has 3 rings (SSSR count). The maximum atomic E-state index is 13.9. The normalized spacial score (nSPS) is 15.0. The van der Waals surface area contributed by atoms with Crippen molar-refractivity contribution in [1.29, 1.82) is 0 Å². The zero-order valence-electron chi connectivity index (χ0n) is 9.61. The summed E-state index contributed by atoms with van der Waals surface area (Å²) in [6, 6.07) is 3.16. The number of halogens is 2. The monoisotopic (exact) mass is 250 g/mol. The van der Waals surface area contributed by atoms with E-state index in [1.807, 2.05) is 0 Å². The summed E-state index contributed by atoms with van der Waals surface area (Å²) >= 11 is 0. The lowest BCUT2D eigenvalue weighted by Gasteiger charge is -2.08. The summed E-state index contributed by atoms with van der Waals surface area (Å²) in [5.74, 6) is -1.26. The Kier molecular flexibility index (Phi) is 2.79. The Morgan fingerprint density at radius 3 is 2.56 bits per heavy atom. The summed E-state index contributed by atoms with van der Waals surface area (Å²) in [5.41, 5.74) is 0.406. The summed E-state index contributed by atoms with van der Waals surface area (Å²) in [4.78, 5) is 3.68. The smallest absolute Gasteiger partial charge is 0.152 e. The lowest BCUT2D eigenvalue weighted by Crippen LogP contribution is -2.16. The molecule has 1 aromatic heterocycles. The predicted molar refractivity (Wildman–Crippen MR) is 61.1 cm³/mol. The van der Waals surface area contributed by atoms with Crippen molar-refractivity contribution in [1.82, 2.24) is 20.1 Å². The summed E-state index contributed by atoms with van der Waals surface area (Å²) < 4.78 is 28.8. The first-order valence-corrected chi connectivity index (χ1v) is 5.80. The van der Waals surface area contributed by atoms with Crippen molar-refractivity contribution in [2.75, 3.05) is 0 Å². The molecular weight excluding hydrogens is 238 g/mol. The van der Waals surface area contributed by atoms with Crippen LogP contribution in [0.25, 0.3) is 5.69 Å². The molecule has 1 saturated carbocycles. The minimum atomic E-state index is -0.631. The first kappa shape index (κ1) is 11.3. The van der Waals surface area contributed by atoms with Gasteiger partial charge in [0.2, 0.25) is 0 Å². The van der Waals surface area contributed by atoms with Crippen molar-refractivity contribution in [3.8, 4) is 5.69 Å². The summed E-state index contributed by atoms with van der Waals surface area (Å²) in [5, 5.41) is 6.95. The van der Waals surface area contributed by atoms with Gasteiger partial charge in [-0.15, -0.1) is 0 Å². The van der Waals surface area contributed by atoms with E-state index in [1.54, 1.807) is 0 Å². The number of nitrogens with one attached hydrogen (secondary N) is 1. The Labute approximate surface area is 103 Å². The number of hydrogen-bond donors (Lipinski definition) is 1. The summed E-state index contributed by atoms with van der Waals surface area (Å²) in [6.45, 7) is 0.482. The molecule has 1 heterocycles. The third kappa shape index (κ3) is 2.24. The van der Waals surface area contributed by atoms with Gasteiger partial charge in [0.15, 0.2) is 11.6 Å². The van der Waals surface area contributed by atoms with Crippen molar-refractivity contribution in [3.05, 3.63) is 42.0 Å².